The lowest BCUT2D eigenvalue weighted by Crippen LogP contribution is -2.14. The minimum absolute atomic E-state index is 0.120. The van der Waals surface area contributed by atoms with E-state index in [0.29, 0.717) is 33.8 Å². The molecule has 168 valence electrons. The summed E-state index contributed by atoms with van der Waals surface area (Å²) in [6.45, 7) is 2.73. The SMILES string of the molecule is CCCCCCOc1ccc(/C=C(\C#N)C(=O)Nc2ccc([N+](=O)[O-])cc2Br)cc1OC. The van der Waals surface area contributed by atoms with Crippen molar-refractivity contribution in [3.05, 3.63) is 62.1 Å². The molecule has 0 saturated carbocycles. The molecule has 0 aliphatic heterocycles. The van der Waals surface area contributed by atoms with E-state index in [1.807, 2.05) is 6.07 Å². The first-order chi connectivity index (χ1) is 15.4. The third kappa shape index (κ3) is 7.10. The largest absolute Gasteiger partial charge is 0.493 e. The minimum Gasteiger partial charge on any atom is -0.493 e. The van der Waals surface area contributed by atoms with Crippen LogP contribution in [0.15, 0.2) is 46.4 Å². The van der Waals surface area contributed by atoms with Gasteiger partial charge in [-0.2, -0.15) is 5.26 Å². The van der Waals surface area contributed by atoms with Crippen molar-refractivity contribution < 1.29 is 19.2 Å². The monoisotopic (exact) mass is 501 g/mol. The molecule has 8 nitrogen and oxygen atoms in total. The van der Waals surface area contributed by atoms with Crippen molar-refractivity contribution in [1.82, 2.24) is 0 Å². The molecule has 0 aliphatic carbocycles. The standard InChI is InChI=1S/C23H24BrN3O5/c1-3-4-5-6-11-32-21-10-7-16(13-22(21)31-2)12-17(15-25)23(28)26-20-9-8-18(27(29)30)14-19(20)24/h7-10,12-14H,3-6,11H2,1-2H3,(H,26,28)/b17-12+. The number of nitro groups is 1. The summed E-state index contributed by atoms with van der Waals surface area (Å²) in [5.74, 6) is 0.459. The maximum Gasteiger partial charge on any atom is 0.270 e. The number of nitro benzene ring substituents is 1. The van der Waals surface area contributed by atoms with Gasteiger partial charge < -0.3 is 14.8 Å². The van der Waals surface area contributed by atoms with E-state index in [2.05, 4.69) is 28.2 Å². The van der Waals surface area contributed by atoms with Crippen LogP contribution in [0.4, 0.5) is 11.4 Å². The van der Waals surface area contributed by atoms with Gasteiger partial charge in [-0.25, -0.2) is 0 Å². The number of carbonyl (C=O) groups excluding carboxylic acids is 1. The molecule has 0 fully saturated rings. The van der Waals surface area contributed by atoms with Crippen LogP contribution in [-0.4, -0.2) is 24.5 Å². The highest BCUT2D eigenvalue weighted by molar-refractivity contribution is 9.10. The van der Waals surface area contributed by atoms with Gasteiger partial charge in [-0.1, -0.05) is 32.3 Å². The van der Waals surface area contributed by atoms with E-state index in [-0.39, 0.29) is 11.3 Å². The number of anilines is 1. The van der Waals surface area contributed by atoms with Gasteiger partial charge in [0.15, 0.2) is 11.5 Å². The van der Waals surface area contributed by atoms with E-state index >= 15 is 0 Å². The third-order valence-electron chi connectivity index (χ3n) is 4.53. The molecule has 0 unspecified atom stereocenters. The molecule has 0 bridgehead atoms. The average molecular weight is 502 g/mol. The summed E-state index contributed by atoms with van der Waals surface area (Å²) in [7, 11) is 1.52. The first kappa shape index (κ1) is 24.9. The number of non-ortho nitro benzene ring substituents is 1. The molecular formula is C23H24BrN3O5. The number of methoxy groups -OCH3 is 1. The fourth-order valence-electron chi connectivity index (χ4n) is 2.83. The van der Waals surface area contributed by atoms with Crippen molar-refractivity contribution in [2.45, 2.75) is 32.6 Å². The molecule has 32 heavy (non-hydrogen) atoms. The first-order valence-electron chi connectivity index (χ1n) is 10.1. The summed E-state index contributed by atoms with van der Waals surface area (Å²) < 4.78 is 11.5. The number of hydrogen-bond acceptors (Lipinski definition) is 6. The van der Waals surface area contributed by atoms with E-state index in [9.17, 15) is 20.2 Å². The zero-order valence-electron chi connectivity index (χ0n) is 17.9. The normalized spacial score (nSPS) is 10.9. The summed E-state index contributed by atoms with van der Waals surface area (Å²) in [4.78, 5) is 22.9. The van der Waals surface area contributed by atoms with Crippen LogP contribution < -0.4 is 14.8 Å². The Labute approximate surface area is 195 Å². The molecule has 0 heterocycles. The van der Waals surface area contributed by atoms with Crippen LogP contribution in [0.2, 0.25) is 0 Å². The smallest absolute Gasteiger partial charge is 0.270 e. The number of nitrogens with zero attached hydrogens (tertiary/aromatic N) is 2. The predicted octanol–water partition coefficient (Wildman–Crippen LogP) is 5.87. The van der Waals surface area contributed by atoms with E-state index in [4.69, 9.17) is 9.47 Å². The molecule has 0 saturated heterocycles. The van der Waals surface area contributed by atoms with Crippen molar-refractivity contribution in [3.63, 3.8) is 0 Å². The first-order valence-corrected chi connectivity index (χ1v) is 10.9. The Morgan fingerprint density at radius 2 is 2.00 bits per heavy atom. The molecule has 0 aromatic heterocycles. The van der Waals surface area contributed by atoms with Gasteiger partial charge in [0.25, 0.3) is 11.6 Å². The van der Waals surface area contributed by atoms with Crippen molar-refractivity contribution in [2.75, 3.05) is 19.0 Å². The zero-order chi connectivity index (χ0) is 23.5. The van der Waals surface area contributed by atoms with Crippen LogP contribution in [0.1, 0.15) is 38.2 Å². The van der Waals surface area contributed by atoms with Crippen LogP contribution >= 0.6 is 15.9 Å². The molecular weight excluding hydrogens is 478 g/mol. The van der Waals surface area contributed by atoms with Crippen LogP contribution in [0.5, 0.6) is 11.5 Å². The van der Waals surface area contributed by atoms with Crippen molar-refractivity contribution in [2.24, 2.45) is 0 Å². The van der Waals surface area contributed by atoms with Crippen molar-refractivity contribution >= 4 is 39.3 Å². The molecule has 9 heteroatoms. The van der Waals surface area contributed by atoms with Crippen LogP contribution in [0.3, 0.4) is 0 Å². The topological polar surface area (TPSA) is 114 Å². The Hall–Kier alpha value is -3.38. The van der Waals surface area contributed by atoms with E-state index in [1.54, 1.807) is 18.2 Å². The molecule has 0 spiro atoms. The maximum absolute atomic E-state index is 12.6. The van der Waals surface area contributed by atoms with Gasteiger partial charge in [0, 0.05) is 16.6 Å². The number of nitriles is 1. The van der Waals surface area contributed by atoms with Gasteiger partial charge >= 0.3 is 0 Å². The zero-order valence-corrected chi connectivity index (χ0v) is 19.5. The van der Waals surface area contributed by atoms with Gasteiger partial charge in [0.2, 0.25) is 0 Å². The molecule has 2 rings (SSSR count). The molecule has 2 aromatic carbocycles. The summed E-state index contributed by atoms with van der Waals surface area (Å²) in [5, 5.41) is 22.9. The molecule has 0 radical (unpaired) electrons. The minimum atomic E-state index is -0.641. The van der Waals surface area contributed by atoms with Gasteiger partial charge in [-0.15, -0.1) is 0 Å². The van der Waals surface area contributed by atoms with Crippen molar-refractivity contribution in [1.29, 1.82) is 5.26 Å². The Morgan fingerprint density at radius 1 is 1.22 bits per heavy atom. The summed E-state index contributed by atoms with van der Waals surface area (Å²) in [5.41, 5.74) is 0.650. The lowest BCUT2D eigenvalue weighted by atomic mass is 10.1. The number of unbranched alkanes of at least 4 members (excludes halogenated alkanes) is 3. The second-order valence-corrected chi connectivity index (χ2v) is 7.72. The predicted molar refractivity (Wildman–Crippen MR) is 126 cm³/mol. The Bertz CT molecular complexity index is 1050. The number of benzene rings is 2. The number of amides is 1. The lowest BCUT2D eigenvalue weighted by molar-refractivity contribution is -0.384. The van der Waals surface area contributed by atoms with Gasteiger partial charge in [0.05, 0.1) is 24.3 Å². The second kappa shape index (κ2) is 12.5. The van der Waals surface area contributed by atoms with E-state index < -0.39 is 10.8 Å². The van der Waals surface area contributed by atoms with Crippen LogP contribution in [0.25, 0.3) is 6.08 Å². The number of hydrogen-bond donors (Lipinski definition) is 1. The second-order valence-electron chi connectivity index (χ2n) is 6.86. The fourth-order valence-corrected chi connectivity index (χ4v) is 3.29. The Kier molecular flexibility index (Phi) is 9.70. The fraction of sp³-hybridized carbons (Fsp3) is 0.304. The molecule has 0 atom stereocenters. The highest BCUT2D eigenvalue weighted by Gasteiger charge is 2.15. The van der Waals surface area contributed by atoms with Gasteiger partial charge in [-0.3, -0.25) is 14.9 Å². The Balaban J connectivity index is 2.13. The molecule has 0 aliphatic rings. The van der Waals surface area contributed by atoms with E-state index in [0.717, 1.165) is 19.3 Å². The highest BCUT2D eigenvalue weighted by atomic mass is 79.9. The molecule has 1 amide bonds. The summed E-state index contributed by atoms with van der Waals surface area (Å²) in [6, 6.07) is 11.0. The van der Waals surface area contributed by atoms with Gasteiger partial charge in [-0.05, 0) is 52.2 Å². The summed E-state index contributed by atoms with van der Waals surface area (Å²) in [6.07, 6.45) is 5.81. The van der Waals surface area contributed by atoms with E-state index in [1.165, 1.54) is 37.8 Å². The Morgan fingerprint density at radius 3 is 2.62 bits per heavy atom. The summed E-state index contributed by atoms with van der Waals surface area (Å²) >= 11 is 3.19. The maximum atomic E-state index is 12.6. The van der Waals surface area contributed by atoms with Gasteiger partial charge in [0.1, 0.15) is 11.6 Å². The van der Waals surface area contributed by atoms with Crippen molar-refractivity contribution in [3.8, 4) is 17.6 Å². The number of carbonyl (C=O) groups is 1. The van der Waals surface area contributed by atoms with Crippen LogP contribution in [-0.2, 0) is 4.79 Å². The number of halogens is 1. The molecule has 1 N–H and O–H groups in total. The number of ether oxygens (including phenoxy) is 2. The average Bonchev–Trinajstić information content (AvgIpc) is 2.78. The molecule has 2 aromatic rings. The van der Waals surface area contributed by atoms with Crippen LogP contribution in [0, 0.1) is 21.4 Å². The highest BCUT2D eigenvalue weighted by Crippen LogP contribution is 2.30. The third-order valence-corrected chi connectivity index (χ3v) is 5.19. The quantitative estimate of drug-likeness (QED) is 0.135. The number of nitrogens with one attached hydrogen (secondary N) is 1. The lowest BCUT2D eigenvalue weighted by Gasteiger charge is -2.11. The number of rotatable bonds is 11.